The molecule has 1 aliphatic carbocycles. The third-order valence-corrected chi connectivity index (χ3v) is 10.2. The number of sulfone groups is 1. The minimum Gasteiger partial charge on any atom is -0.340 e. The Morgan fingerprint density at radius 1 is 1.07 bits per heavy atom. The molecule has 2 aromatic carbocycles. The summed E-state index contributed by atoms with van der Waals surface area (Å²) in [6, 6.07) is 11.7. The van der Waals surface area contributed by atoms with Crippen LogP contribution in [0, 0.1) is 5.92 Å². The number of nitrogens with zero attached hydrogens (tertiary/aromatic N) is 2. The SMILES string of the molecule is CCN(C(C)C)C1CCC(N2CC[C@H](NC(=O)c3cccc(C(F)(F)F)c3)C2=O)[C@H](CS(=O)(=O)c2ccccc2)C1. The lowest BCUT2D eigenvalue weighted by Crippen LogP contribution is -2.53. The van der Waals surface area contributed by atoms with Crippen LogP contribution >= 0.6 is 0 Å². The molecule has 0 spiro atoms. The number of rotatable bonds is 9. The summed E-state index contributed by atoms with van der Waals surface area (Å²) in [4.78, 5) is 30.6. The van der Waals surface area contributed by atoms with E-state index in [-0.39, 0.29) is 46.2 Å². The largest absolute Gasteiger partial charge is 0.416 e. The molecular weight excluding hydrogens is 555 g/mol. The van der Waals surface area contributed by atoms with Crippen LogP contribution in [0.3, 0.4) is 0 Å². The number of halogens is 3. The summed E-state index contributed by atoms with van der Waals surface area (Å²) in [7, 11) is -3.62. The van der Waals surface area contributed by atoms with Gasteiger partial charge in [-0.15, -0.1) is 0 Å². The van der Waals surface area contributed by atoms with E-state index in [1.54, 1.807) is 35.2 Å². The molecule has 0 aromatic heterocycles. The fourth-order valence-electron chi connectivity index (χ4n) is 6.41. The smallest absolute Gasteiger partial charge is 0.340 e. The summed E-state index contributed by atoms with van der Waals surface area (Å²) in [6.45, 7) is 7.49. The van der Waals surface area contributed by atoms with Crippen molar-refractivity contribution in [1.82, 2.24) is 15.1 Å². The molecular formula is C30H38F3N3O4S. The highest BCUT2D eigenvalue weighted by atomic mass is 32.2. The molecule has 41 heavy (non-hydrogen) atoms. The Labute approximate surface area is 240 Å². The molecule has 2 aliphatic rings. The first kappa shape index (κ1) is 31.0. The third-order valence-electron chi connectivity index (χ3n) is 8.35. The highest BCUT2D eigenvalue weighted by Gasteiger charge is 2.44. The van der Waals surface area contributed by atoms with Crippen molar-refractivity contribution in [3.8, 4) is 0 Å². The van der Waals surface area contributed by atoms with E-state index in [1.807, 2.05) is 0 Å². The highest BCUT2D eigenvalue weighted by molar-refractivity contribution is 7.91. The lowest BCUT2D eigenvalue weighted by Gasteiger charge is -2.45. The maximum Gasteiger partial charge on any atom is 0.416 e. The molecule has 2 unspecified atom stereocenters. The van der Waals surface area contributed by atoms with Crippen LogP contribution in [0.15, 0.2) is 59.5 Å². The summed E-state index contributed by atoms with van der Waals surface area (Å²) < 4.78 is 66.2. The van der Waals surface area contributed by atoms with Gasteiger partial charge >= 0.3 is 6.18 Å². The minimum atomic E-state index is -4.59. The van der Waals surface area contributed by atoms with Crippen LogP contribution in [0.1, 0.15) is 62.4 Å². The number of hydrogen-bond acceptors (Lipinski definition) is 5. The van der Waals surface area contributed by atoms with Gasteiger partial charge in [0.15, 0.2) is 9.84 Å². The Kier molecular flexibility index (Phi) is 9.48. The first-order chi connectivity index (χ1) is 19.3. The Hall–Kier alpha value is -2.92. The number of carbonyl (C=O) groups is 2. The summed E-state index contributed by atoms with van der Waals surface area (Å²) in [5.41, 5.74) is -1.11. The second kappa shape index (κ2) is 12.5. The third kappa shape index (κ3) is 7.12. The summed E-state index contributed by atoms with van der Waals surface area (Å²) in [5, 5.41) is 2.61. The van der Waals surface area contributed by atoms with E-state index in [0.29, 0.717) is 25.8 Å². The molecule has 4 atom stereocenters. The van der Waals surface area contributed by atoms with E-state index >= 15 is 0 Å². The van der Waals surface area contributed by atoms with Gasteiger partial charge in [0.2, 0.25) is 5.91 Å². The zero-order chi connectivity index (χ0) is 29.9. The molecule has 224 valence electrons. The van der Waals surface area contributed by atoms with E-state index < -0.39 is 33.5 Å². The normalized spacial score (nSPS) is 23.8. The van der Waals surface area contributed by atoms with Crippen LogP contribution in [-0.4, -0.2) is 73.0 Å². The molecule has 1 N–H and O–H groups in total. The first-order valence-electron chi connectivity index (χ1n) is 14.1. The second-order valence-electron chi connectivity index (χ2n) is 11.2. The van der Waals surface area contributed by atoms with Crippen molar-refractivity contribution < 1.29 is 31.2 Å². The van der Waals surface area contributed by atoms with Gasteiger partial charge < -0.3 is 10.2 Å². The molecule has 7 nitrogen and oxygen atoms in total. The molecule has 1 heterocycles. The Morgan fingerprint density at radius 2 is 1.78 bits per heavy atom. The van der Waals surface area contributed by atoms with Crippen molar-refractivity contribution >= 4 is 21.7 Å². The number of hydrogen-bond donors (Lipinski definition) is 1. The molecule has 1 saturated carbocycles. The second-order valence-corrected chi connectivity index (χ2v) is 13.3. The van der Waals surface area contributed by atoms with Gasteiger partial charge in [0.1, 0.15) is 6.04 Å². The topological polar surface area (TPSA) is 86.8 Å². The quantitative estimate of drug-likeness (QED) is 0.453. The molecule has 0 radical (unpaired) electrons. The summed E-state index contributed by atoms with van der Waals surface area (Å²) in [5.74, 6) is -1.49. The zero-order valence-electron chi connectivity index (χ0n) is 23.6. The summed E-state index contributed by atoms with van der Waals surface area (Å²) >= 11 is 0. The molecule has 1 saturated heterocycles. The van der Waals surface area contributed by atoms with Crippen LogP contribution in [0.25, 0.3) is 0 Å². The maximum absolute atomic E-state index is 13.5. The molecule has 11 heteroatoms. The van der Waals surface area contributed by atoms with Crippen LogP contribution in [0.4, 0.5) is 13.2 Å². The number of carbonyl (C=O) groups excluding carboxylic acids is 2. The van der Waals surface area contributed by atoms with Crippen molar-refractivity contribution in [3.63, 3.8) is 0 Å². The first-order valence-corrected chi connectivity index (χ1v) is 15.8. The van der Waals surface area contributed by atoms with Gasteiger partial charge in [0.05, 0.1) is 16.2 Å². The van der Waals surface area contributed by atoms with Gasteiger partial charge in [-0.3, -0.25) is 14.5 Å². The van der Waals surface area contributed by atoms with E-state index in [0.717, 1.165) is 31.2 Å². The van der Waals surface area contributed by atoms with Crippen molar-refractivity contribution in [2.75, 3.05) is 18.8 Å². The van der Waals surface area contributed by atoms with Crippen LogP contribution in [0.2, 0.25) is 0 Å². The lowest BCUT2D eigenvalue weighted by molar-refractivity contribution is -0.137. The monoisotopic (exact) mass is 593 g/mol. The molecule has 2 aromatic rings. The number of benzene rings is 2. The Morgan fingerprint density at radius 3 is 2.41 bits per heavy atom. The number of nitrogens with one attached hydrogen (secondary N) is 1. The standard InChI is InChI=1S/C30H38F3N3O4S/c1-4-35(20(2)3)24-13-14-27(22(18-24)19-41(39,40)25-11-6-5-7-12-25)36-16-15-26(29(36)38)34-28(37)21-9-8-10-23(17-21)30(31,32)33/h5-12,17,20,22,24,26-27H,4,13-16,18-19H2,1-3H3,(H,34,37)/t22-,24?,26-,27?/m0/s1. The molecule has 1 aliphatic heterocycles. The van der Waals surface area contributed by atoms with Crippen LogP contribution < -0.4 is 5.32 Å². The fourth-order valence-corrected chi connectivity index (χ4v) is 8.09. The van der Waals surface area contributed by atoms with Gasteiger partial charge in [-0.25, -0.2) is 8.42 Å². The average Bonchev–Trinajstić information content (AvgIpc) is 3.28. The Bertz CT molecular complexity index is 1330. The van der Waals surface area contributed by atoms with Gasteiger partial charge in [-0.05, 0) is 82.3 Å². The van der Waals surface area contributed by atoms with E-state index in [2.05, 4.69) is 31.0 Å². The Balaban J connectivity index is 1.52. The highest BCUT2D eigenvalue weighted by Crippen LogP contribution is 2.36. The number of alkyl halides is 3. The zero-order valence-corrected chi connectivity index (χ0v) is 24.4. The van der Waals surface area contributed by atoms with Gasteiger partial charge in [-0.1, -0.05) is 31.2 Å². The average molecular weight is 594 g/mol. The summed E-state index contributed by atoms with van der Waals surface area (Å²) in [6.07, 6.45) is -2.23. The number of likely N-dealkylation sites (tertiary alicyclic amines) is 1. The predicted molar refractivity (Wildman–Crippen MR) is 150 cm³/mol. The van der Waals surface area contributed by atoms with Crippen molar-refractivity contribution in [3.05, 3.63) is 65.7 Å². The minimum absolute atomic E-state index is 0.0983. The van der Waals surface area contributed by atoms with Crippen molar-refractivity contribution in [2.45, 2.75) is 81.7 Å². The van der Waals surface area contributed by atoms with Gasteiger partial charge in [0.25, 0.3) is 5.91 Å². The molecule has 2 fully saturated rings. The number of amides is 2. The predicted octanol–water partition coefficient (Wildman–Crippen LogP) is 4.78. The fraction of sp³-hybridized carbons (Fsp3) is 0.533. The molecule has 4 rings (SSSR count). The van der Waals surface area contributed by atoms with Crippen molar-refractivity contribution in [1.29, 1.82) is 0 Å². The molecule has 0 bridgehead atoms. The van der Waals surface area contributed by atoms with E-state index in [1.165, 1.54) is 6.07 Å². The van der Waals surface area contributed by atoms with Gasteiger partial charge in [-0.2, -0.15) is 13.2 Å². The van der Waals surface area contributed by atoms with E-state index in [4.69, 9.17) is 0 Å². The maximum atomic E-state index is 13.5. The van der Waals surface area contributed by atoms with Gasteiger partial charge in [0, 0.05) is 30.2 Å². The molecule has 2 amide bonds. The van der Waals surface area contributed by atoms with Crippen LogP contribution in [-0.2, 0) is 20.8 Å². The van der Waals surface area contributed by atoms with E-state index in [9.17, 15) is 31.2 Å². The van der Waals surface area contributed by atoms with Crippen LogP contribution in [0.5, 0.6) is 0 Å². The van der Waals surface area contributed by atoms with Crippen molar-refractivity contribution in [2.24, 2.45) is 5.92 Å². The lowest BCUT2D eigenvalue weighted by atomic mass is 9.80.